The Morgan fingerprint density at radius 1 is 1.19 bits per heavy atom. The molecule has 0 aliphatic carbocycles. The van der Waals surface area contributed by atoms with Gasteiger partial charge in [0.25, 0.3) is 0 Å². The van der Waals surface area contributed by atoms with E-state index in [0.717, 1.165) is 18.0 Å². The summed E-state index contributed by atoms with van der Waals surface area (Å²) in [5, 5.41) is 3.47. The predicted molar refractivity (Wildman–Crippen MR) is 66.8 cm³/mol. The molecule has 1 saturated heterocycles. The second kappa shape index (κ2) is 5.97. The molecule has 90 valence electrons. The van der Waals surface area contributed by atoms with Crippen LogP contribution in [0.2, 0.25) is 0 Å². The fraction of sp³-hybridized carbons (Fsp3) is 0.500. The monoisotopic (exact) mass is 243 g/mol. The van der Waals surface area contributed by atoms with Crippen LogP contribution in [0.1, 0.15) is 24.4 Å². The number of halogens is 1. The van der Waals surface area contributed by atoms with Gasteiger partial charge in [-0.05, 0) is 37.1 Å². The van der Waals surface area contributed by atoms with Gasteiger partial charge in [0, 0.05) is 6.04 Å². The van der Waals surface area contributed by atoms with Crippen LogP contribution in [0.5, 0.6) is 11.5 Å². The lowest BCUT2D eigenvalue weighted by Gasteiger charge is -2.14. The highest BCUT2D eigenvalue weighted by Gasteiger charge is 2.17. The first-order chi connectivity index (χ1) is 7.35. The normalized spacial score (nSPS) is 19.0. The van der Waals surface area contributed by atoms with Crippen molar-refractivity contribution >= 4 is 12.4 Å². The van der Waals surface area contributed by atoms with Crippen molar-refractivity contribution in [3.05, 3.63) is 23.8 Å². The van der Waals surface area contributed by atoms with Gasteiger partial charge in [0.1, 0.15) is 0 Å². The number of hydrogen-bond donors (Lipinski definition) is 1. The van der Waals surface area contributed by atoms with Crippen molar-refractivity contribution in [1.82, 2.24) is 5.32 Å². The fourth-order valence-corrected chi connectivity index (χ4v) is 2.04. The Morgan fingerprint density at radius 3 is 2.50 bits per heavy atom. The summed E-state index contributed by atoms with van der Waals surface area (Å²) in [4.78, 5) is 0. The number of ether oxygens (including phenoxy) is 2. The Hall–Kier alpha value is -0.930. The van der Waals surface area contributed by atoms with E-state index in [1.165, 1.54) is 18.4 Å². The lowest BCUT2D eigenvalue weighted by atomic mass is 10.0. The molecule has 1 fully saturated rings. The first-order valence-electron chi connectivity index (χ1n) is 5.30. The van der Waals surface area contributed by atoms with E-state index >= 15 is 0 Å². The Morgan fingerprint density at radius 2 is 1.94 bits per heavy atom. The highest BCUT2D eigenvalue weighted by atomic mass is 35.5. The molecule has 1 N–H and O–H groups in total. The van der Waals surface area contributed by atoms with E-state index in [-0.39, 0.29) is 12.4 Å². The summed E-state index contributed by atoms with van der Waals surface area (Å²) in [5.74, 6) is 1.60. The minimum absolute atomic E-state index is 0. The molecule has 1 aromatic rings. The molecule has 1 aliphatic heterocycles. The third-order valence-electron chi connectivity index (χ3n) is 2.87. The average molecular weight is 244 g/mol. The van der Waals surface area contributed by atoms with Crippen molar-refractivity contribution in [2.45, 2.75) is 18.9 Å². The second-order valence-corrected chi connectivity index (χ2v) is 3.76. The molecule has 0 aromatic heterocycles. The number of rotatable bonds is 3. The maximum absolute atomic E-state index is 5.28. The van der Waals surface area contributed by atoms with Gasteiger partial charge in [-0.3, -0.25) is 0 Å². The predicted octanol–water partition coefficient (Wildman–Crippen LogP) is 2.55. The first kappa shape index (κ1) is 13.1. The summed E-state index contributed by atoms with van der Waals surface area (Å²) < 4.78 is 10.5. The van der Waals surface area contributed by atoms with Crippen LogP contribution in [0.15, 0.2) is 18.2 Å². The van der Waals surface area contributed by atoms with Crippen molar-refractivity contribution in [3.63, 3.8) is 0 Å². The second-order valence-electron chi connectivity index (χ2n) is 3.76. The smallest absolute Gasteiger partial charge is 0.161 e. The molecule has 0 saturated carbocycles. The van der Waals surface area contributed by atoms with Crippen LogP contribution >= 0.6 is 12.4 Å². The summed E-state index contributed by atoms with van der Waals surface area (Å²) in [6, 6.07) is 6.60. The van der Waals surface area contributed by atoms with Crippen LogP contribution in [0.25, 0.3) is 0 Å². The Kier molecular flexibility index (Phi) is 4.90. The molecule has 1 aliphatic rings. The third kappa shape index (κ3) is 2.60. The van der Waals surface area contributed by atoms with Crippen LogP contribution in [0.4, 0.5) is 0 Å². The fourth-order valence-electron chi connectivity index (χ4n) is 2.04. The zero-order valence-electron chi connectivity index (χ0n) is 9.66. The Bertz CT molecular complexity index is 338. The molecular weight excluding hydrogens is 226 g/mol. The molecule has 2 rings (SSSR count). The van der Waals surface area contributed by atoms with Gasteiger partial charge in [0.2, 0.25) is 0 Å². The molecule has 0 spiro atoms. The standard InChI is InChI=1S/C12H17NO2.ClH/c1-14-11-6-5-9(8-12(11)15-2)10-4-3-7-13-10;/h5-6,8,10,13H,3-4,7H2,1-2H3;1H/t10-;/m0./s1. The van der Waals surface area contributed by atoms with Crippen molar-refractivity contribution in [1.29, 1.82) is 0 Å². The molecule has 0 bridgehead atoms. The topological polar surface area (TPSA) is 30.5 Å². The number of hydrogen-bond acceptors (Lipinski definition) is 3. The van der Waals surface area contributed by atoms with Crippen LogP contribution < -0.4 is 14.8 Å². The molecule has 3 nitrogen and oxygen atoms in total. The van der Waals surface area contributed by atoms with Gasteiger partial charge in [-0.1, -0.05) is 6.07 Å². The summed E-state index contributed by atoms with van der Waals surface area (Å²) in [6.07, 6.45) is 2.45. The lowest BCUT2D eigenvalue weighted by Crippen LogP contribution is -2.12. The van der Waals surface area contributed by atoms with Crippen molar-refractivity contribution in [2.75, 3.05) is 20.8 Å². The van der Waals surface area contributed by atoms with E-state index in [4.69, 9.17) is 9.47 Å². The summed E-state index contributed by atoms with van der Waals surface area (Å²) in [5.41, 5.74) is 1.28. The molecule has 0 unspecified atom stereocenters. The highest BCUT2D eigenvalue weighted by molar-refractivity contribution is 5.85. The van der Waals surface area contributed by atoms with Crippen molar-refractivity contribution in [3.8, 4) is 11.5 Å². The molecule has 16 heavy (non-hydrogen) atoms. The van der Waals surface area contributed by atoms with E-state index in [0.29, 0.717) is 6.04 Å². The SMILES string of the molecule is COc1ccc([C@@H]2CCCN2)cc1OC.Cl. The Balaban J connectivity index is 0.00000128. The highest BCUT2D eigenvalue weighted by Crippen LogP contribution is 2.32. The molecule has 1 atom stereocenters. The molecule has 0 amide bonds. The molecule has 1 heterocycles. The van der Waals surface area contributed by atoms with E-state index in [9.17, 15) is 0 Å². The minimum Gasteiger partial charge on any atom is -0.493 e. The Labute approximate surface area is 103 Å². The van der Waals surface area contributed by atoms with Gasteiger partial charge in [-0.15, -0.1) is 12.4 Å². The van der Waals surface area contributed by atoms with Crippen LogP contribution in [-0.2, 0) is 0 Å². The molecule has 0 radical (unpaired) electrons. The zero-order valence-corrected chi connectivity index (χ0v) is 10.5. The van der Waals surface area contributed by atoms with Crippen LogP contribution in [0.3, 0.4) is 0 Å². The van der Waals surface area contributed by atoms with Crippen molar-refractivity contribution < 1.29 is 9.47 Å². The van der Waals surface area contributed by atoms with Gasteiger partial charge in [0.15, 0.2) is 11.5 Å². The lowest BCUT2D eigenvalue weighted by molar-refractivity contribution is 0.354. The first-order valence-corrected chi connectivity index (χ1v) is 5.30. The summed E-state index contributed by atoms with van der Waals surface area (Å²) in [6.45, 7) is 1.11. The van der Waals surface area contributed by atoms with Gasteiger partial charge >= 0.3 is 0 Å². The average Bonchev–Trinajstić information content (AvgIpc) is 2.81. The van der Waals surface area contributed by atoms with Gasteiger partial charge in [0.05, 0.1) is 14.2 Å². The van der Waals surface area contributed by atoms with E-state index in [1.807, 2.05) is 6.07 Å². The third-order valence-corrected chi connectivity index (χ3v) is 2.87. The zero-order chi connectivity index (χ0) is 10.7. The molecule has 1 aromatic carbocycles. The van der Waals surface area contributed by atoms with Crippen LogP contribution in [-0.4, -0.2) is 20.8 Å². The largest absolute Gasteiger partial charge is 0.493 e. The van der Waals surface area contributed by atoms with Crippen molar-refractivity contribution in [2.24, 2.45) is 0 Å². The van der Waals surface area contributed by atoms with Gasteiger partial charge in [-0.25, -0.2) is 0 Å². The van der Waals surface area contributed by atoms with E-state index < -0.39 is 0 Å². The number of nitrogens with one attached hydrogen (secondary N) is 1. The summed E-state index contributed by atoms with van der Waals surface area (Å²) >= 11 is 0. The maximum Gasteiger partial charge on any atom is 0.161 e. The number of methoxy groups -OCH3 is 2. The van der Waals surface area contributed by atoms with Crippen LogP contribution in [0, 0.1) is 0 Å². The van der Waals surface area contributed by atoms with Gasteiger partial charge in [-0.2, -0.15) is 0 Å². The number of benzene rings is 1. The minimum atomic E-state index is 0. The molecule has 4 heteroatoms. The van der Waals surface area contributed by atoms with E-state index in [2.05, 4.69) is 17.4 Å². The maximum atomic E-state index is 5.28. The quantitative estimate of drug-likeness (QED) is 0.885. The van der Waals surface area contributed by atoms with Gasteiger partial charge < -0.3 is 14.8 Å². The van der Waals surface area contributed by atoms with E-state index in [1.54, 1.807) is 14.2 Å². The molecular formula is C12H18ClNO2. The summed E-state index contributed by atoms with van der Waals surface area (Å²) in [7, 11) is 3.33.